The molecule has 0 atom stereocenters. The first kappa shape index (κ1) is 16.2. The molecule has 0 aliphatic heterocycles. The Bertz CT molecular complexity index is 900. The number of ether oxygens (including phenoxy) is 1. The Morgan fingerprint density at radius 3 is 2.64 bits per heavy atom. The largest absolute Gasteiger partial charge is 0.439 e. The number of hydrogen-bond donors (Lipinski definition) is 1. The first-order valence-corrected chi connectivity index (χ1v) is 7.63. The van der Waals surface area contributed by atoms with Crippen molar-refractivity contribution >= 4 is 11.6 Å². The second-order valence-corrected chi connectivity index (χ2v) is 5.20. The predicted octanol–water partition coefficient (Wildman–Crippen LogP) is 3.43. The maximum atomic E-state index is 12.2. The molecule has 0 saturated heterocycles. The summed E-state index contributed by atoms with van der Waals surface area (Å²) in [6.45, 7) is 0. The van der Waals surface area contributed by atoms with Crippen molar-refractivity contribution in [1.29, 1.82) is 0 Å². The molecule has 0 fully saturated rings. The van der Waals surface area contributed by atoms with Crippen molar-refractivity contribution in [3.8, 4) is 24.0 Å². The third-order valence-electron chi connectivity index (χ3n) is 3.44. The lowest BCUT2D eigenvalue weighted by Crippen LogP contribution is -2.15. The van der Waals surface area contributed by atoms with Crippen LogP contribution in [0, 0.1) is 12.3 Å². The van der Waals surface area contributed by atoms with Crippen molar-refractivity contribution in [2.75, 3.05) is 5.32 Å². The van der Waals surface area contributed by atoms with Gasteiger partial charge in [0, 0.05) is 23.5 Å². The summed E-state index contributed by atoms with van der Waals surface area (Å²) in [4.78, 5) is 20.0. The molecule has 0 aliphatic rings. The summed E-state index contributed by atoms with van der Waals surface area (Å²) in [6.07, 6.45) is 8.69. The van der Waals surface area contributed by atoms with Crippen LogP contribution in [0.4, 0.5) is 5.69 Å². The van der Waals surface area contributed by atoms with Crippen molar-refractivity contribution in [2.24, 2.45) is 0 Å². The lowest BCUT2D eigenvalue weighted by Gasteiger charge is -2.08. The minimum Gasteiger partial charge on any atom is -0.439 e. The van der Waals surface area contributed by atoms with Gasteiger partial charge in [-0.2, -0.15) is 0 Å². The molecule has 0 aliphatic carbocycles. The molecule has 0 spiro atoms. The number of nitrogens with zero attached hydrogens (tertiary/aromatic N) is 2. The predicted molar refractivity (Wildman–Crippen MR) is 95.3 cm³/mol. The Kier molecular flexibility index (Phi) is 5.03. The molecule has 3 rings (SSSR count). The molecule has 1 aromatic heterocycles. The zero-order chi connectivity index (χ0) is 17.5. The molecule has 1 heterocycles. The molecule has 2 aromatic carbocycles. The molecule has 3 aromatic rings. The van der Waals surface area contributed by atoms with Gasteiger partial charge >= 0.3 is 0 Å². The summed E-state index contributed by atoms with van der Waals surface area (Å²) >= 11 is 0. The summed E-state index contributed by atoms with van der Waals surface area (Å²) in [5.74, 6) is 3.53. The van der Waals surface area contributed by atoms with Crippen LogP contribution >= 0.6 is 0 Å². The average molecular weight is 329 g/mol. The van der Waals surface area contributed by atoms with Crippen molar-refractivity contribution < 1.29 is 9.53 Å². The fourth-order valence-electron chi connectivity index (χ4n) is 2.26. The first-order chi connectivity index (χ1) is 12.2. The number of amides is 1. The maximum Gasteiger partial charge on any atom is 0.228 e. The Balaban J connectivity index is 1.61. The minimum absolute atomic E-state index is 0.132. The van der Waals surface area contributed by atoms with E-state index in [1.54, 1.807) is 36.5 Å². The van der Waals surface area contributed by atoms with E-state index >= 15 is 0 Å². The van der Waals surface area contributed by atoms with Gasteiger partial charge in [0.15, 0.2) is 0 Å². The van der Waals surface area contributed by atoms with E-state index in [0.29, 0.717) is 17.3 Å². The van der Waals surface area contributed by atoms with Gasteiger partial charge in [-0.25, -0.2) is 9.97 Å². The van der Waals surface area contributed by atoms with E-state index < -0.39 is 0 Å². The molecule has 5 nitrogen and oxygen atoms in total. The number of anilines is 1. The standard InChI is InChI=1S/C20H15N3O2/c1-2-15-5-3-4-6-16(15)13-19(24)23-17-7-9-18(10-8-17)25-20-11-12-21-14-22-20/h1,3-12,14H,13H2,(H,23,24). The van der Waals surface area contributed by atoms with Crippen molar-refractivity contribution in [3.63, 3.8) is 0 Å². The van der Waals surface area contributed by atoms with Gasteiger partial charge in [0.25, 0.3) is 0 Å². The zero-order valence-electron chi connectivity index (χ0n) is 13.3. The molecule has 0 saturated carbocycles. The smallest absolute Gasteiger partial charge is 0.228 e. The molecule has 5 heteroatoms. The van der Waals surface area contributed by atoms with E-state index in [9.17, 15) is 4.79 Å². The molecule has 122 valence electrons. The molecular weight excluding hydrogens is 314 g/mol. The van der Waals surface area contributed by atoms with Gasteiger partial charge in [0.05, 0.1) is 6.42 Å². The molecule has 0 radical (unpaired) electrons. The fourth-order valence-corrected chi connectivity index (χ4v) is 2.26. The highest BCUT2D eigenvalue weighted by atomic mass is 16.5. The Morgan fingerprint density at radius 2 is 1.92 bits per heavy atom. The first-order valence-electron chi connectivity index (χ1n) is 7.63. The van der Waals surface area contributed by atoms with Crippen LogP contribution in [-0.2, 0) is 11.2 Å². The van der Waals surface area contributed by atoms with E-state index in [4.69, 9.17) is 11.2 Å². The Morgan fingerprint density at radius 1 is 1.12 bits per heavy atom. The van der Waals surface area contributed by atoms with Gasteiger partial charge in [-0.15, -0.1) is 6.42 Å². The molecular formula is C20H15N3O2. The topological polar surface area (TPSA) is 64.1 Å². The number of hydrogen-bond acceptors (Lipinski definition) is 4. The summed E-state index contributed by atoms with van der Waals surface area (Å²) in [7, 11) is 0. The third-order valence-corrected chi connectivity index (χ3v) is 3.44. The van der Waals surface area contributed by atoms with E-state index in [1.807, 2.05) is 24.3 Å². The SMILES string of the molecule is C#Cc1ccccc1CC(=O)Nc1ccc(Oc2ccncn2)cc1. The number of terminal acetylenes is 1. The second-order valence-electron chi connectivity index (χ2n) is 5.20. The third kappa shape index (κ3) is 4.43. The summed E-state index contributed by atoms with van der Waals surface area (Å²) < 4.78 is 5.58. The molecule has 25 heavy (non-hydrogen) atoms. The van der Waals surface area contributed by atoms with Crippen LogP contribution in [0.15, 0.2) is 67.1 Å². The van der Waals surface area contributed by atoms with E-state index in [-0.39, 0.29) is 12.3 Å². The highest BCUT2D eigenvalue weighted by molar-refractivity contribution is 5.92. The van der Waals surface area contributed by atoms with Crippen LogP contribution in [0.5, 0.6) is 11.6 Å². The summed E-state index contributed by atoms with van der Waals surface area (Å²) in [5.41, 5.74) is 2.23. The number of carbonyl (C=O) groups excluding carboxylic acids is 1. The van der Waals surface area contributed by atoms with Gasteiger partial charge in [-0.3, -0.25) is 4.79 Å². The number of rotatable bonds is 5. The highest BCUT2D eigenvalue weighted by Crippen LogP contribution is 2.21. The van der Waals surface area contributed by atoms with Crippen LogP contribution in [0.1, 0.15) is 11.1 Å². The normalized spacial score (nSPS) is 9.88. The number of nitrogens with one attached hydrogen (secondary N) is 1. The van der Waals surface area contributed by atoms with Crippen molar-refractivity contribution in [2.45, 2.75) is 6.42 Å². The van der Waals surface area contributed by atoms with E-state index in [0.717, 1.165) is 11.1 Å². The van der Waals surface area contributed by atoms with E-state index in [2.05, 4.69) is 21.2 Å². The van der Waals surface area contributed by atoms with Crippen LogP contribution in [0.25, 0.3) is 0 Å². The Hall–Kier alpha value is -3.65. The summed E-state index contributed by atoms with van der Waals surface area (Å²) in [6, 6.07) is 16.1. The number of aromatic nitrogens is 2. The Labute approximate surface area is 145 Å². The van der Waals surface area contributed by atoms with E-state index in [1.165, 1.54) is 6.33 Å². The van der Waals surface area contributed by atoms with Gasteiger partial charge in [-0.1, -0.05) is 24.1 Å². The number of benzene rings is 2. The number of carbonyl (C=O) groups is 1. The van der Waals surface area contributed by atoms with Crippen LogP contribution < -0.4 is 10.1 Å². The van der Waals surface area contributed by atoms with Crippen molar-refractivity contribution in [3.05, 3.63) is 78.2 Å². The van der Waals surface area contributed by atoms with Crippen LogP contribution in [0.3, 0.4) is 0 Å². The fraction of sp³-hybridized carbons (Fsp3) is 0.0500. The van der Waals surface area contributed by atoms with Gasteiger partial charge < -0.3 is 10.1 Å². The summed E-state index contributed by atoms with van der Waals surface area (Å²) in [5, 5.41) is 2.84. The molecule has 0 unspecified atom stereocenters. The quantitative estimate of drug-likeness (QED) is 0.728. The molecule has 0 bridgehead atoms. The maximum absolute atomic E-state index is 12.2. The monoisotopic (exact) mass is 329 g/mol. The highest BCUT2D eigenvalue weighted by Gasteiger charge is 2.07. The minimum atomic E-state index is -0.132. The van der Waals surface area contributed by atoms with Crippen LogP contribution in [-0.4, -0.2) is 15.9 Å². The molecule has 1 amide bonds. The second kappa shape index (κ2) is 7.75. The van der Waals surface area contributed by atoms with Crippen molar-refractivity contribution in [1.82, 2.24) is 9.97 Å². The van der Waals surface area contributed by atoms with Crippen LogP contribution in [0.2, 0.25) is 0 Å². The average Bonchev–Trinajstić information content (AvgIpc) is 2.64. The lowest BCUT2D eigenvalue weighted by molar-refractivity contribution is -0.115. The molecule has 1 N–H and O–H groups in total. The van der Waals surface area contributed by atoms with Gasteiger partial charge in [-0.05, 0) is 35.9 Å². The lowest BCUT2D eigenvalue weighted by atomic mass is 10.0. The van der Waals surface area contributed by atoms with Gasteiger partial charge in [0.1, 0.15) is 12.1 Å². The zero-order valence-corrected chi connectivity index (χ0v) is 13.3. The van der Waals surface area contributed by atoms with Gasteiger partial charge in [0.2, 0.25) is 11.8 Å².